The normalized spacial score (nSPS) is 23.0. The monoisotopic (exact) mass is 354 g/mol. The van der Waals surface area contributed by atoms with Gasteiger partial charge in [0, 0.05) is 26.7 Å². The van der Waals surface area contributed by atoms with Gasteiger partial charge in [0.25, 0.3) is 5.91 Å². The van der Waals surface area contributed by atoms with Crippen LogP contribution in [0.4, 0.5) is 0 Å². The van der Waals surface area contributed by atoms with Crippen LogP contribution in [0.3, 0.4) is 0 Å². The Kier molecular flexibility index (Phi) is 4.22. The van der Waals surface area contributed by atoms with E-state index in [4.69, 9.17) is 4.74 Å². The molecule has 0 bridgehead atoms. The van der Waals surface area contributed by atoms with Gasteiger partial charge in [0.15, 0.2) is 6.61 Å². The van der Waals surface area contributed by atoms with Crippen molar-refractivity contribution in [1.29, 1.82) is 0 Å². The number of hydrogen-bond acceptors (Lipinski definition) is 5. The predicted molar refractivity (Wildman–Crippen MR) is 95.5 cm³/mol. The average molecular weight is 354 g/mol. The molecule has 0 saturated carbocycles. The van der Waals surface area contributed by atoms with E-state index < -0.39 is 5.41 Å². The third-order valence-electron chi connectivity index (χ3n) is 5.49. The number of amides is 2. The molecule has 2 amide bonds. The molecule has 1 spiro atoms. The minimum atomic E-state index is -0.399. The molecule has 1 aromatic carbocycles. The zero-order valence-electron chi connectivity index (χ0n) is 14.9. The largest absolute Gasteiger partial charge is 0.467 e. The van der Waals surface area contributed by atoms with Gasteiger partial charge in [0.05, 0.1) is 16.3 Å². The number of piperidine rings is 1. The lowest BCUT2D eigenvalue weighted by atomic mass is 9.78. The lowest BCUT2D eigenvalue weighted by Gasteiger charge is -2.37. The Morgan fingerprint density at radius 1 is 1.23 bits per heavy atom. The van der Waals surface area contributed by atoms with Crippen molar-refractivity contribution in [3.8, 4) is 5.88 Å². The number of aromatic nitrogens is 2. The van der Waals surface area contributed by atoms with Crippen LogP contribution < -0.4 is 4.74 Å². The van der Waals surface area contributed by atoms with E-state index in [-0.39, 0.29) is 18.4 Å². The van der Waals surface area contributed by atoms with E-state index in [0.29, 0.717) is 19.0 Å². The molecular weight excluding hydrogens is 332 g/mol. The first-order valence-corrected chi connectivity index (χ1v) is 8.95. The molecule has 0 aliphatic carbocycles. The first kappa shape index (κ1) is 16.8. The number of para-hydroxylation sites is 1. The maximum atomic E-state index is 12.6. The summed E-state index contributed by atoms with van der Waals surface area (Å²) in [6, 6.07) is 7.53. The standard InChI is InChI=1S/C19H22N4O3/c1-22-9-4-7-19(18(22)25)8-10-23(12-19)16(24)11-26-17-14-5-2-3-6-15(14)20-13-21-17/h2-3,5-6,13H,4,7-12H2,1H3. The van der Waals surface area contributed by atoms with Gasteiger partial charge in [-0.15, -0.1) is 0 Å². The maximum absolute atomic E-state index is 12.6. The topological polar surface area (TPSA) is 75.6 Å². The molecule has 2 aliphatic rings. The summed E-state index contributed by atoms with van der Waals surface area (Å²) >= 11 is 0. The Balaban J connectivity index is 1.42. The summed E-state index contributed by atoms with van der Waals surface area (Å²) in [4.78, 5) is 37.1. The van der Waals surface area contributed by atoms with Crippen molar-refractivity contribution >= 4 is 22.7 Å². The number of rotatable bonds is 3. The van der Waals surface area contributed by atoms with Crippen molar-refractivity contribution < 1.29 is 14.3 Å². The summed E-state index contributed by atoms with van der Waals surface area (Å²) in [6.45, 7) is 1.81. The summed E-state index contributed by atoms with van der Waals surface area (Å²) in [5.41, 5.74) is 0.380. The first-order valence-electron chi connectivity index (χ1n) is 8.95. The van der Waals surface area contributed by atoms with E-state index in [1.807, 2.05) is 31.3 Å². The molecule has 26 heavy (non-hydrogen) atoms. The highest BCUT2D eigenvalue weighted by atomic mass is 16.5. The van der Waals surface area contributed by atoms with Gasteiger partial charge in [-0.25, -0.2) is 9.97 Å². The van der Waals surface area contributed by atoms with Crippen molar-refractivity contribution in [3.05, 3.63) is 30.6 Å². The van der Waals surface area contributed by atoms with E-state index in [2.05, 4.69) is 9.97 Å². The van der Waals surface area contributed by atoms with Crippen LogP contribution in [-0.2, 0) is 9.59 Å². The third-order valence-corrected chi connectivity index (χ3v) is 5.49. The molecule has 0 N–H and O–H groups in total. The van der Waals surface area contributed by atoms with E-state index in [1.165, 1.54) is 6.33 Å². The van der Waals surface area contributed by atoms with Crippen LogP contribution in [0.2, 0.25) is 0 Å². The Morgan fingerprint density at radius 3 is 2.96 bits per heavy atom. The number of carbonyl (C=O) groups excluding carboxylic acids is 2. The summed E-state index contributed by atoms with van der Waals surface area (Å²) in [7, 11) is 1.84. The second-order valence-corrected chi connectivity index (χ2v) is 7.16. The number of likely N-dealkylation sites (tertiary alicyclic amines) is 2. The quantitative estimate of drug-likeness (QED) is 0.835. The molecular formula is C19H22N4O3. The van der Waals surface area contributed by atoms with Gasteiger partial charge >= 0.3 is 0 Å². The summed E-state index contributed by atoms with van der Waals surface area (Å²) in [6.07, 6.45) is 4.02. The molecule has 3 heterocycles. The predicted octanol–water partition coefficient (Wildman–Crippen LogP) is 1.48. The number of carbonyl (C=O) groups is 2. The number of benzene rings is 1. The number of fused-ring (bicyclic) bond motifs is 1. The third kappa shape index (κ3) is 2.87. The van der Waals surface area contributed by atoms with Crippen LogP contribution in [0.1, 0.15) is 19.3 Å². The van der Waals surface area contributed by atoms with Crippen LogP contribution >= 0.6 is 0 Å². The van der Waals surface area contributed by atoms with E-state index in [1.54, 1.807) is 9.80 Å². The van der Waals surface area contributed by atoms with E-state index >= 15 is 0 Å². The highest BCUT2D eigenvalue weighted by Gasteiger charge is 2.48. The molecule has 4 rings (SSSR count). The molecule has 7 nitrogen and oxygen atoms in total. The number of hydrogen-bond donors (Lipinski definition) is 0. The minimum absolute atomic E-state index is 0.0822. The SMILES string of the molecule is CN1CCCC2(CCN(C(=O)COc3ncnc4ccccc34)C2)C1=O. The van der Waals surface area contributed by atoms with Crippen molar-refractivity contribution in [3.63, 3.8) is 0 Å². The molecule has 2 aromatic rings. The van der Waals surface area contributed by atoms with Gasteiger partial charge < -0.3 is 14.5 Å². The second kappa shape index (κ2) is 6.55. The number of nitrogens with zero attached hydrogens (tertiary/aromatic N) is 4. The zero-order chi connectivity index (χ0) is 18.1. The smallest absolute Gasteiger partial charge is 0.260 e. The van der Waals surface area contributed by atoms with Crippen LogP contribution in [0.15, 0.2) is 30.6 Å². The first-order chi connectivity index (χ1) is 12.6. The van der Waals surface area contributed by atoms with Gasteiger partial charge in [-0.1, -0.05) is 12.1 Å². The van der Waals surface area contributed by atoms with Crippen LogP contribution in [-0.4, -0.2) is 64.9 Å². The summed E-state index contributed by atoms with van der Waals surface area (Å²) in [5, 5.41) is 0.782. The van der Waals surface area contributed by atoms with Crippen LogP contribution in [0.5, 0.6) is 5.88 Å². The second-order valence-electron chi connectivity index (χ2n) is 7.16. The highest BCUT2D eigenvalue weighted by Crippen LogP contribution is 2.39. The van der Waals surface area contributed by atoms with Crippen molar-refractivity contribution in [2.24, 2.45) is 5.41 Å². The Morgan fingerprint density at radius 2 is 2.08 bits per heavy atom. The molecule has 2 aliphatic heterocycles. The maximum Gasteiger partial charge on any atom is 0.260 e. The molecule has 2 saturated heterocycles. The number of ether oxygens (including phenoxy) is 1. The minimum Gasteiger partial charge on any atom is -0.467 e. The molecule has 1 unspecified atom stereocenters. The van der Waals surface area contributed by atoms with Gasteiger partial charge in [0.1, 0.15) is 6.33 Å². The summed E-state index contributed by atoms with van der Waals surface area (Å²) < 4.78 is 5.68. The Bertz CT molecular complexity index is 850. The van der Waals surface area contributed by atoms with Gasteiger partial charge in [-0.3, -0.25) is 9.59 Å². The fourth-order valence-electron chi connectivity index (χ4n) is 4.05. The van der Waals surface area contributed by atoms with Gasteiger partial charge in [-0.05, 0) is 31.4 Å². The zero-order valence-corrected chi connectivity index (χ0v) is 14.9. The molecule has 7 heteroatoms. The van der Waals surface area contributed by atoms with Crippen LogP contribution in [0, 0.1) is 5.41 Å². The van der Waals surface area contributed by atoms with Crippen molar-refractivity contribution in [1.82, 2.24) is 19.8 Å². The van der Waals surface area contributed by atoms with Crippen LogP contribution in [0.25, 0.3) is 10.9 Å². The fraction of sp³-hybridized carbons (Fsp3) is 0.474. The Hall–Kier alpha value is -2.70. The molecule has 0 radical (unpaired) electrons. The highest BCUT2D eigenvalue weighted by molar-refractivity contribution is 5.87. The van der Waals surface area contributed by atoms with Gasteiger partial charge in [0.2, 0.25) is 11.8 Å². The lowest BCUT2D eigenvalue weighted by molar-refractivity contribution is -0.144. The Labute approximate surface area is 152 Å². The molecule has 1 aromatic heterocycles. The van der Waals surface area contributed by atoms with E-state index in [0.717, 1.165) is 36.7 Å². The van der Waals surface area contributed by atoms with Crippen molar-refractivity contribution in [2.45, 2.75) is 19.3 Å². The van der Waals surface area contributed by atoms with Crippen molar-refractivity contribution in [2.75, 3.05) is 33.3 Å². The summed E-state index contributed by atoms with van der Waals surface area (Å²) in [5.74, 6) is 0.471. The average Bonchev–Trinajstić information content (AvgIpc) is 3.09. The van der Waals surface area contributed by atoms with E-state index in [9.17, 15) is 9.59 Å². The molecule has 2 fully saturated rings. The van der Waals surface area contributed by atoms with Gasteiger partial charge in [-0.2, -0.15) is 0 Å². The lowest BCUT2D eigenvalue weighted by Crippen LogP contribution is -2.49. The molecule has 136 valence electrons. The molecule has 1 atom stereocenters. The fourth-order valence-corrected chi connectivity index (χ4v) is 4.05.